The highest BCUT2D eigenvalue weighted by Crippen LogP contribution is 2.37. The second kappa shape index (κ2) is 8.81. The molecule has 0 aliphatic carbocycles. The van der Waals surface area contributed by atoms with E-state index in [2.05, 4.69) is 22.6 Å². The Hall–Kier alpha value is -2.32. The van der Waals surface area contributed by atoms with Crippen LogP contribution in [0.4, 0.5) is 4.79 Å². The molecule has 3 aromatic carbocycles. The summed E-state index contributed by atoms with van der Waals surface area (Å²) in [5.41, 5.74) is 1.74. The Labute approximate surface area is 193 Å². The van der Waals surface area contributed by atoms with Crippen LogP contribution in [0, 0.1) is 3.57 Å². The molecule has 1 saturated heterocycles. The van der Waals surface area contributed by atoms with Crippen LogP contribution in [0.2, 0.25) is 0 Å². The zero-order valence-corrected chi connectivity index (χ0v) is 19.6. The van der Waals surface area contributed by atoms with Crippen molar-refractivity contribution in [2.24, 2.45) is 0 Å². The monoisotopic (exact) mass is 529 g/mol. The van der Waals surface area contributed by atoms with Gasteiger partial charge in [0.1, 0.15) is 5.75 Å². The lowest BCUT2D eigenvalue weighted by Gasteiger charge is -2.15. The molecule has 0 spiro atoms. The maximum atomic E-state index is 13.0. The molecule has 0 N–H and O–H groups in total. The molecule has 0 unspecified atom stereocenters. The van der Waals surface area contributed by atoms with E-state index in [4.69, 9.17) is 4.74 Å². The minimum Gasteiger partial charge on any atom is -0.490 e. The molecule has 1 aliphatic heterocycles. The van der Waals surface area contributed by atoms with Gasteiger partial charge in [-0.05, 0) is 88.8 Å². The highest BCUT2D eigenvalue weighted by molar-refractivity contribution is 14.1. The van der Waals surface area contributed by atoms with Gasteiger partial charge >= 0.3 is 0 Å². The van der Waals surface area contributed by atoms with Crippen molar-refractivity contribution in [1.29, 1.82) is 0 Å². The van der Waals surface area contributed by atoms with Crippen molar-refractivity contribution in [3.8, 4) is 5.75 Å². The average molecular weight is 529 g/mol. The number of hydrogen-bond donors (Lipinski definition) is 0. The molecule has 2 amide bonds. The number of imide groups is 1. The van der Waals surface area contributed by atoms with Gasteiger partial charge in [0, 0.05) is 9.13 Å². The topological polar surface area (TPSA) is 46.6 Å². The van der Waals surface area contributed by atoms with E-state index in [9.17, 15) is 9.59 Å². The van der Waals surface area contributed by atoms with Crippen LogP contribution in [-0.2, 0) is 11.3 Å². The van der Waals surface area contributed by atoms with E-state index in [1.54, 1.807) is 6.08 Å². The highest BCUT2D eigenvalue weighted by atomic mass is 127. The first-order chi connectivity index (χ1) is 14.4. The largest absolute Gasteiger partial charge is 0.490 e. The van der Waals surface area contributed by atoms with Gasteiger partial charge in [0.15, 0.2) is 0 Å². The molecule has 152 valence electrons. The van der Waals surface area contributed by atoms with Crippen LogP contribution in [0.5, 0.6) is 5.75 Å². The Morgan fingerprint density at radius 1 is 1.03 bits per heavy atom. The average Bonchev–Trinajstić information content (AvgIpc) is 2.98. The van der Waals surface area contributed by atoms with Gasteiger partial charge in [0.05, 0.1) is 17.6 Å². The first-order valence-electron chi connectivity index (χ1n) is 9.60. The number of nitrogens with zero attached hydrogens (tertiary/aromatic N) is 1. The third kappa shape index (κ3) is 4.39. The zero-order valence-electron chi connectivity index (χ0n) is 16.6. The van der Waals surface area contributed by atoms with E-state index in [1.807, 2.05) is 74.5 Å². The Morgan fingerprint density at radius 3 is 2.50 bits per heavy atom. The molecule has 1 fully saturated rings. The van der Waals surface area contributed by atoms with Crippen LogP contribution >= 0.6 is 34.4 Å². The fourth-order valence-corrected chi connectivity index (χ4v) is 4.50. The van der Waals surface area contributed by atoms with Crippen molar-refractivity contribution in [3.05, 3.63) is 80.3 Å². The zero-order chi connectivity index (χ0) is 21.3. The minimum atomic E-state index is -0.271. The van der Waals surface area contributed by atoms with E-state index < -0.39 is 0 Å². The van der Waals surface area contributed by atoms with E-state index in [-0.39, 0.29) is 23.8 Å². The molecular weight excluding hydrogens is 509 g/mol. The smallest absolute Gasteiger partial charge is 0.293 e. The van der Waals surface area contributed by atoms with Gasteiger partial charge in [-0.2, -0.15) is 0 Å². The molecule has 0 aromatic heterocycles. The Kier molecular flexibility index (Phi) is 6.15. The van der Waals surface area contributed by atoms with Crippen LogP contribution in [-0.4, -0.2) is 22.2 Å². The molecule has 1 aliphatic rings. The van der Waals surface area contributed by atoms with E-state index in [0.29, 0.717) is 10.7 Å². The van der Waals surface area contributed by atoms with Gasteiger partial charge in [-0.3, -0.25) is 14.5 Å². The maximum Gasteiger partial charge on any atom is 0.293 e. The fourth-order valence-electron chi connectivity index (χ4n) is 3.32. The molecule has 4 rings (SSSR count). The van der Waals surface area contributed by atoms with Crippen molar-refractivity contribution < 1.29 is 14.3 Å². The minimum absolute atomic E-state index is 0.00532. The second-order valence-electron chi connectivity index (χ2n) is 7.26. The number of carbonyl (C=O) groups is 2. The number of rotatable bonds is 5. The number of ether oxygens (including phenoxy) is 1. The molecule has 1 heterocycles. The van der Waals surface area contributed by atoms with Gasteiger partial charge in [-0.1, -0.05) is 42.5 Å². The summed E-state index contributed by atoms with van der Waals surface area (Å²) in [6.07, 6.45) is 1.79. The number of amides is 2. The van der Waals surface area contributed by atoms with Crippen LogP contribution in [0.3, 0.4) is 0 Å². The van der Waals surface area contributed by atoms with Gasteiger partial charge < -0.3 is 4.74 Å². The standard InChI is InChI=1S/C24H20INO3S/c1-15(2)29-21-12-9-17-5-3-4-6-19(17)20(21)13-22-23(27)26(24(28)30-22)14-16-7-10-18(25)11-8-16/h3-13,15H,14H2,1-2H3/b22-13+. The first-order valence-corrected chi connectivity index (χ1v) is 11.5. The van der Waals surface area contributed by atoms with Crippen molar-refractivity contribution in [3.63, 3.8) is 0 Å². The summed E-state index contributed by atoms with van der Waals surface area (Å²) in [7, 11) is 0. The number of benzene rings is 3. The van der Waals surface area contributed by atoms with E-state index in [0.717, 1.165) is 37.2 Å². The molecule has 0 saturated carbocycles. The Morgan fingerprint density at radius 2 is 1.77 bits per heavy atom. The van der Waals surface area contributed by atoms with Crippen molar-refractivity contribution in [2.45, 2.75) is 26.5 Å². The van der Waals surface area contributed by atoms with Crippen LogP contribution in [0.1, 0.15) is 25.0 Å². The van der Waals surface area contributed by atoms with Crippen molar-refractivity contribution in [2.75, 3.05) is 0 Å². The predicted octanol–water partition coefficient (Wildman–Crippen LogP) is 6.47. The Balaban J connectivity index is 1.71. The van der Waals surface area contributed by atoms with Gasteiger partial charge in [-0.25, -0.2) is 0 Å². The molecular formula is C24H20INO3S. The van der Waals surface area contributed by atoms with Crippen LogP contribution < -0.4 is 4.74 Å². The molecule has 4 nitrogen and oxygen atoms in total. The lowest BCUT2D eigenvalue weighted by atomic mass is 10.0. The number of thioether (sulfide) groups is 1. The summed E-state index contributed by atoms with van der Waals surface area (Å²) in [5.74, 6) is 0.431. The quantitative estimate of drug-likeness (QED) is 0.281. The molecule has 0 bridgehead atoms. The lowest BCUT2D eigenvalue weighted by molar-refractivity contribution is -0.123. The van der Waals surface area contributed by atoms with Gasteiger partial charge in [0.2, 0.25) is 0 Å². The number of carbonyl (C=O) groups excluding carboxylic acids is 2. The lowest BCUT2D eigenvalue weighted by Crippen LogP contribution is -2.27. The molecule has 0 atom stereocenters. The molecule has 6 heteroatoms. The fraction of sp³-hybridized carbons (Fsp3) is 0.167. The second-order valence-corrected chi connectivity index (χ2v) is 9.50. The van der Waals surface area contributed by atoms with Crippen LogP contribution in [0.15, 0.2) is 65.6 Å². The van der Waals surface area contributed by atoms with E-state index in [1.165, 1.54) is 4.90 Å². The van der Waals surface area contributed by atoms with E-state index >= 15 is 0 Å². The number of fused-ring (bicyclic) bond motifs is 1. The molecule has 0 radical (unpaired) electrons. The predicted molar refractivity (Wildman–Crippen MR) is 130 cm³/mol. The van der Waals surface area contributed by atoms with Gasteiger partial charge in [-0.15, -0.1) is 0 Å². The summed E-state index contributed by atoms with van der Waals surface area (Å²) in [4.78, 5) is 27.3. The van der Waals surface area contributed by atoms with Crippen molar-refractivity contribution >= 4 is 62.3 Å². The first kappa shape index (κ1) is 20.9. The normalized spacial score (nSPS) is 15.6. The third-order valence-electron chi connectivity index (χ3n) is 4.70. The maximum absolute atomic E-state index is 13.0. The van der Waals surface area contributed by atoms with Crippen molar-refractivity contribution in [1.82, 2.24) is 4.90 Å². The summed E-state index contributed by atoms with van der Waals surface area (Å²) < 4.78 is 7.11. The summed E-state index contributed by atoms with van der Waals surface area (Å²) >= 11 is 3.21. The molecule has 30 heavy (non-hydrogen) atoms. The summed E-state index contributed by atoms with van der Waals surface area (Å²) in [5, 5.41) is 1.79. The Bertz CT molecular complexity index is 1150. The van der Waals surface area contributed by atoms with Crippen LogP contribution in [0.25, 0.3) is 16.8 Å². The number of hydrogen-bond acceptors (Lipinski definition) is 4. The highest BCUT2D eigenvalue weighted by Gasteiger charge is 2.35. The summed E-state index contributed by atoms with van der Waals surface area (Å²) in [6.45, 7) is 4.20. The number of halogens is 1. The summed E-state index contributed by atoms with van der Waals surface area (Å²) in [6, 6.07) is 19.7. The molecule has 3 aromatic rings. The van der Waals surface area contributed by atoms with Gasteiger partial charge in [0.25, 0.3) is 11.1 Å². The third-order valence-corrected chi connectivity index (χ3v) is 6.32. The SMILES string of the molecule is CC(C)Oc1ccc2ccccc2c1/C=C1/SC(=O)N(Cc2ccc(I)cc2)C1=O.